The van der Waals surface area contributed by atoms with Crippen molar-refractivity contribution < 1.29 is 14.3 Å². The number of benzene rings is 1. The number of rotatable bonds is 7. The van der Waals surface area contributed by atoms with Crippen LogP contribution in [-0.4, -0.2) is 62.8 Å². The molecule has 2 aromatic heterocycles. The fourth-order valence-electron chi connectivity index (χ4n) is 3.65. The second kappa shape index (κ2) is 10.1. The lowest BCUT2D eigenvalue weighted by atomic mass is 10.1. The molecule has 1 saturated heterocycles. The van der Waals surface area contributed by atoms with Crippen LogP contribution in [0.15, 0.2) is 54.1 Å². The zero-order valence-corrected chi connectivity index (χ0v) is 19.6. The molecule has 0 unspecified atom stereocenters. The second-order valence-electron chi connectivity index (χ2n) is 7.89. The summed E-state index contributed by atoms with van der Waals surface area (Å²) in [5.41, 5.74) is 2.33. The van der Waals surface area contributed by atoms with E-state index in [2.05, 4.69) is 27.4 Å². The number of thioether (sulfide) groups is 1. The van der Waals surface area contributed by atoms with Gasteiger partial charge in [0.05, 0.1) is 6.10 Å². The maximum absolute atomic E-state index is 12.8. The van der Waals surface area contributed by atoms with Gasteiger partial charge in [0.15, 0.2) is 5.16 Å². The molecule has 1 fully saturated rings. The molecule has 0 bridgehead atoms. The minimum absolute atomic E-state index is 0.0556. The van der Waals surface area contributed by atoms with Crippen LogP contribution in [0.4, 0.5) is 5.69 Å². The Morgan fingerprint density at radius 2 is 2.12 bits per heavy atom. The third-order valence-electron chi connectivity index (χ3n) is 5.57. The number of likely N-dealkylation sites (tertiary alicyclic amines) is 1. The lowest BCUT2D eigenvalue weighted by Gasteiger charge is -2.16. The van der Waals surface area contributed by atoms with Crippen molar-refractivity contribution in [2.24, 2.45) is 7.05 Å². The van der Waals surface area contributed by atoms with Gasteiger partial charge in [-0.2, -0.15) is 0 Å². The predicted octanol–water partition coefficient (Wildman–Crippen LogP) is 3.18. The Balaban J connectivity index is 1.43. The van der Waals surface area contributed by atoms with Crippen LogP contribution in [0.3, 0.4) is 0 Å². The van der Waals surface area contributed by atoms with Crippen molar-refractivity contribution in [1.29, 1.82) is 0 Å². The molecule has 172 valence electrons. The quantitative estimate of drug-likeness (QED) is 0.534. The van der Waals surface area contributed by atoms with Crippen molar-refractivity contribution in [3.8, 4) is 0 Å². The Hall–Kier alpha value is -3.24. The fraction of sp³-hybridized carbons (Fsp3) is 0.348. The lowest BCUT2D eigenvalue weighted by Crippen LogP contribution is -2.30. The first kappa shape index (κ1) is 22.9. The van der Waals surface area contributed by atoms with Gasteiger partial charge in [0.2, 0.25) is 0 Å². The molecule has 0 radical (unpaired) electrons. The molecule has 1 aromatic carbocycles. The molecule has 2 atom stereocenters. The van der Waals surface area contributed by atoms with Crippen molar-refractivity contribution in [3.63, 3.8) is 0 Å². The number of ether oxygens (including phenoxy) is 1. The summed E-state index contributed by atoms with van der Waals surface area (Å²) < 4.78 is 7.20. The largest absolute Gasteiger partial charge is 0.380 e. The SMILES string of the molecule is CO[C@@H]1CCN(C(=O)c2ccnc(C(=O)Nc3cccc([C@H](C)Sc4nncn4C)c3)c2)C1. The molecule has 1 aliphatic heterocycles. The number of carbonyl (C=O) groups excluding carboxylic acids is 2. The van der Waals surface area contributed by atoms with Crippen LogP contribution in [-0.2, 0) is 11.8 Å². The number of pyridine rings is 1. The molecule has 0 spiro atoms. The molecule has 1 aliphatic rings. The van der Waals surface area contributed by atoms with E-state index >= 15 is 0 Å². The van der Waals surface area contributed by atoms with E-state index in [0.717, 1.165) is 17.1 Å². The number of aromatic nitrogens is 4. The van der Waals surface area contributed by atoms with Crippen molar-refractivity contribution in [1.82, 2.24) is 24.6 Å². The zero-order valence-electron chi connectivity index (χ0n) is 18.8. The molecule has 1 N–H and O–H groups in total. The highest BCUT2D eigenvalue weighted by Crippen LogP contribution is 2.34. The molecule has 33 heavy (non-hydrogen) atoms. The number of nitrogens with one attached hydrogen (secondary N) is 1. The first-order valence-corrected chi connectivity index (χ1v) is 11.5. The van der Waals surface area contributed by atoms with Crippen molar-refractivity contribution in [2.45, 2.75) is 29.9 Å². The molecule has 0 saturated carbocycles. The summed E-state index contributed by atoms with van der Waals surface area (Å²) >= 11 is 1.59. The van der Waals surface area contributed by atoms with E-state index in [-0.39, 0.29) is 28.9 Å². The van der Waals surface area contributed by atoms with Crippen molar-refractivity contribution in [2.75, 3.05) is 25.5 Å². The van der Waals surface area contributed by atoms with Crippen LogP contribution in [0.5, 0.6) is 0 Å². The van der Waals surface area contributed by atoms with Crippen LogP contribution < -0.4 is 5.32 Å². The van der Waals surface area contributed by atoms with Gasteiger partial charge >= 0.3 is 0 Å². The summed E-state index contributed by atoms with van der Waals surface area (Å²) in [5.74, 6) is -0.491. The summed E-state index contributed by atoms with van der Waals surface area (Å²) in [6.07, 6.45) is 4.02. The number of hydrogen-bond acceptors (Lipinski definition) is 7. The third-order valence-corrected chi connectivity index (χ3v) is 6.78. The minimum atomic E-state index is -0.369. The van der Waals surface area contributed by atoms with Crippen LogP contribution in [0.1, 0.15) is 45.0 Å². The Labute approximate surface area is 196 Å². The van der Waals surface area contributed by atoms with E-state index in [1.54, 1.807) is 36.2 Å². The predicted molar refractivity (Wildman–Crippen MR) is 125 cm³/mol. The first-order valence-electron chi connectivity index (χ1n) is 10.6. The van der Waals surface area contributed by atoms with E-state index in [1.165, 1.54) is 12.3 Å². The van der Waals surface area contributed by atoms with Gasteiger partial charge in [-0.3, -0.25) is 14.6 Å². The molecule has 10 heteroatoms. The van der Waals surface area contributed by atoms with E-state index in [0.29, 0.717) is 24.3 Å². The average Bonchev–Trinajstić information content (AvgIpc) is 3.48. The molecule has 4 rings (SSSR count). The Bertz CT molecular complexity index is 1150. The minimum Gasteiger partial charge on any atom is -0.380 e. The summed E-state index contributed by atoms with van der Waals surface area (Å²) in [4.78, 5) is 31.6. The first-order chi connectivity index (χ1) is 15.9. The summed E-state index contributed by atoms with van der Waals surface area (Å²) in [6.45, 7) is 3.26. The molecule has 9 nitrogen and oxygen atoms in total. The molecule has 0 aliphatic carbocycles. The fourth-order valence-corrected chi connectivity index (χ4v) is 4.55. The average molecular weight is 467 g/mol. The number of aryl methyl sites for hydroxylation is 1. The van der Waals surface area contributed by atoms with E-state index < -0.39 is 0 Å². The maximum Gasteiger partial charge on any atom is 0.274 e. The van der Waals surface area contributed by atoms with Crippen LogP contribution in [0, 0.1) is 0 Å². The van der Waals surface area contributed by atoms with Crippen molar-refractivity contribution >= 4 is 29.3 Å². The lowest BCUT2D eigenvalue weighted by molar-refractivity contribution is 0.0724. The van der Waals surface area contributed by atoms with Crippen molar-refractivity contribution in [3.05, 3.63) is 65.7 Å². The molecular formula is C23H26N6O3S. The topological polar surface area (TPSA) is 102 Å². The van der Waals surface area contributed by atoms with E-state index in [1.807, 2.05) is 35.9 Å². The Morgan fingerprint density at radius 3 is 2.85 bits per heavy atom. The van der Waals surface area contributed by atoms with Gasteiger partial charge in [0, 0.05) is 49.9 Å². The van der Waals surface area contributed by atoms with Gasteiger partial charge in [0.25, 0.3) is 11.8 Å². The summed E-state index contributed by atoms with van der Waals surface area (Å²) in [6, 6.07) is 10.8. The van der Waals surface area contributed by atoms with E-state index in [4.69, 9.17) is 4.74 Å². The van der Waals surface area contributed by atoms with Gasteiger partial charge in [-0.15, -0.1) is 10.2 Å². The highest BCUT2D eigenvalue weighted by molar-refractivity contribution is 7.99. The Morgan fingerprint density at radius 1 is 1.27 bits per heavy atom. The number of hydrogen-bond donors (Lipinski definition) is 1. The highest BCUT2D eigenvalue weighted by Gasteiger charge is 2.27. The summed E-state index contributed by atoms with van der Waals surface area (Å²) in [5, 5.41) is 11.8. The highest BCUT2D eigenvalue weighted by atomic mass is 32.2. The number of nitrogens with zero attached hydrogens (tertiary/aromatic N) is 5. The smallest absolute Gasteiger partial charge is 0.274 e. The number of carbonyl (C=O) groups is 2. The summed E-state index contributed by atoms with van der Waals surface area (Å²) in [7, 11) is 3.55. The molecule has 3 heterocycles. The van der Waals surface area contributed by atoms with Gasteiger partial charge in [-0.1, -0.05) is 23.9 Å². The van der Waals surface area contributed by atoms with Gasteiger partial charge < -0.3 is 19.5 Å². The number of methoxy groups -OCH3 is 1. The number of anilines is 1. The maximum atomic E-state index is 12.8. The zero-order chi connectivity index (χ0) is 23.4. The monoisotopic (exact) mass is 466 g/mol. The van der Waals surface area contributed by atoms with Crippen LogP contribution >= 0.6 is 11.8 Å². The third kappa shape index (κ3) is 5.40. The Kier molecular flexibility index (Phi) is 7.05. The van der Waals surface area contributed by atoms with E-state index in [9.17, 15) is 9.59 Å². The standard InChI is InChI=1S/C23H26N6O3S/c1-15(33-23-27-25-14-28(23)2)16-5-4-6-18(11-16)26-21(30)20-12-17(7-9-24-20)22(31)29-10-8-19(13-29)32-3/h4-7,9,11-12,14-15,19H,8,10,13H2,1-3H3,(H,26,30)/t15-,19+/m0/s1. The van der Waals surface area contributed by atoms with Crippen LogP contribution in [0.25, 0.3) is 0 Å². The van der Waals surface area contributed by atoms with Gasteiger partial charge in [0.1, 0.15) is 12.0 Å². The second-order valence-corrected chi connectivity index (χ2v) is 9.20. The molecular weight excluding hydrogens is 440 g/mol. The molecule has 2 amide bonds. The van der Waals surface area contributed by atoms with Gasteiger partial charge in [-0.05, 0) is 43.2 Å². The number of amides is 2. The normalized spacial score (nSPS) is 16.6. The van der Waals surface area contributed by atoms with Crippen LogP contribution in [0.2, 0.25) is 0 Å². The van der Waals surface area contributed by atoms with Gasteiger partial charge in [-0.25, -0.2) is 0 Å². The molecule has 3 aromatic rings.